The molecule has 4 heterocycles. The third-order valence-electron chi connectivity index (χ3n) is 9.69. The number of nitrogens with zero attached hydrogens (tertiary/aromatic N) is 2. The number of hydrogen-bond donors (Lipinski definition) is 2. The number of aryl methyl sites for hydroxylation is 1. The van der Waals surface area contributed by atoms with Crippen LogP contribution in [0.25, 0.3) is 10.9 Å². The highest BCUT2D eigenvalue weighted by molar-refractivity contribution is 5.86. The standard InChI is InChI=1S/C32H42N2O4/c1-4-21(31(36)28(35)5-2)23-17-27-30-24(22-13-9-10-14-25(22)33(30)3)18-26(29(23)32-37-15-16-38-32)34(27)19-20-11-7-6-8-12-20/h6-14,21,23,26-29,31-32,35-36H,4-5,15-19H2,1-3H3/t21-,23-,26-,27-,28?,29-,31?/m0/s1. The Morgan fingerprint density at radius 2 is 1.66 bits per heavy atom. The number of fused-ring (bicyclic) bond motifs is 6. The van der Waals surface area contributed by atoms with E-state index in [1.807, 2.05) is 6.92 Å². The fourth-order valence-electron chi connectivity index (χ4n) is 7.94. The molecule has 2 unspecified atom stereocenters. The largest absolute Gasteiger partial charge is 0.390 e. The van der Waals surface area contributed by atoms with Gasteiger partial charge in [0.2, 0.25) is 0 Å². The van der Waals surface area contributed by atoms with Crippen LogP contribution in [0.2, 0.25) is 0 Å². The molecular formula is C32H42N2O4. The summed E-state index contributed by atoms with van der Waals surface area (Å²) in [4.78, 5) is 2.69. The predicted octanol–water partition coefficient (Wildman–Crippen LogP) is 4.81. The molecule has 3 aromatic rings. The van der Waals surface area contributed by atoms with Gasteiger partial charge in [0.25, 0.3) is 0 Å². The van der Waals surface area contributed by atoms with Crippen molar-refractivity contribution in [2.45, 2.75) is 76.7 Å². The highest BCUT2D eigenvalue weighted by Gasteiger charge is 2.54. The van der Waals surface area contributed by atoms with Gasteiger partial charge < -0.3 is 24.3 Å². The SMILES string of the molecule is CCC(O)C(O)[C@@H](CC)[C@@H]1C[C@H]2c3c(c4ccccc4n3C)C[C@@H]([C@H]1C1OCCO1)N2Cc1ccccc1. The highest BCUT2D eigenvalue weighted by Crippen LogP contribution is 2.54. The van der Waals surface area contributed by atoms with Crippen molar-refractivity contribution >= 4 is 10.9 Å². The molecule has 6 rings (SSSR count). The molecule has 3 aliphatic rings. The van der Waals surface area contributed by atoms with E-state index in [1.54, 1.807) is 0 Å². The van der Waals surface area contributed by atoms with Gasteiger partial charge in [0.05, 0.1) is 31.5 Å². The van der Waals surface area contributed by atoms with Gasteiger partial charge in [-0.1, -0.05) is 68.8 Å². The van der Waals surface area contributed by atoms with E-state index in [0.29, 0.717) is 19.6 Å². The predicted molar refractivity (Wildman–Crippen MR) is 149 cm³/mol. The smallest absolute Gasteiger partial charge is 0.162 e. The molecule has 2 aromatic carbocycles. The van der Waals surface area contributed by atoms with E-state index in [-0.39, 0.29) is 36.1 Å². The second-order valence-electron chi connectivity index (χ2n) is 11.5. The zero-order chi connectivity index (χ0) is 26.4. The third-order valence-corrected chi connectivity index (χ3v) is 9.69. The minimum absolute atomic E-state index is 0.0251. The molecule has 0 radical (unpaired) electrons. The molecule has 38 heavy (non-hydrogen) atoms. The van der Waals surface area contributed by atoms with E-state index >= 15 is 0 Å². The van der Waals surface area contributed by atoms with E-state index in [0.717, 1.165) is 25.8 Å². The van der Waals surface area contributed by atoms with Gasteiger partial charge in [-0.25, -0.2) is 0 Å². The van der Waals surface area contributed by atoms with Crippen molar-refractivity contribution in [1.82, 2.24) is 9.47 Å². The lowest BCUT2D eigenvalue weighted by Crippen LogP contribution is -2.60. The summed E-state index contributed by atoms with van der Waals surface area (Å²) >= 11 is 0. The number of aromatic nitrogens is 1. The minimum Gasteiger partial charge on any atom is -0.390 e. The molecule has 2 N–H and O–H groups in total. The van der Waals surface area contributed by atoms with Crippen LogP contribution >= 0.6 is 0 Å². The molecule has 2 bridgehead atoms. The number of piperidine rings is 1. The summed E-state index contributed by atoms with van der Waals surface area (Å²) in [5.74, 6) is 0.253. The molecule has 2 fully saturated rings. The number of hydrogen-bond acceptors (Lipinski definition) is 5. The first-order valence-corrected chi connectivity index (χ1v) is 14.5. The first-order valence-electron chi connectivity index (χ1n) is 14.5. The molecule has 3 aliphatic heterocycles. The first-order chi connectivity index (χ1) is 18.5. The van der Waals surface area contributed by atoms with Gasteiger partial charge in [-0.2, -0.15) is 0 Å². The number of aliphatic hydroxyl groups excluding tert-OH is 2. The fourth-order valence-corrected chi connectivity index (χ4v) is 7.94. The van der Waals surface area contributed by atoms with Crippen LogP contribution in [0.15, 0.2) is 54.6 Å². The molecule has 0 saturated carbocycles. The van der Waals surface area contributed by atoms with Gasteiger partial charge in [-0.3, -0.25) is 4.90 Å². The summed E-state index contributed by atoms with van der Waals surface area (Å²) in [6.07, 6.45) is 1.42. The Kier molecular flexibility index (Phi) is 7.36. The molecule has 6 nitrogen and oxygen atoms in total. The number of para-hydroxylation sites is 1. The lowest BCUT2D eigenvalue weighted by Gasteiger charge is -2.56. The number of rotatable bonds is 8. The van der Waals surface area contributed by atoms with Crippen molar-refractivity contribution in [2.24, 2.45) is 24.8 Å². The summed E-state index contributed by atoms with van der Waals surface area (Å²) in [5, 5.41) is 23.4. The van der Waals surface area contributed by atoms with E-state index in [9.17, 15) is 10.2 Å². The second kappa shape index (κ2) is 10.7. The summed E-state index contributed by atoms with van der Waals surface area (Å²) in [6.45, 7) is 6.18. The quantitative estimate of drug-likeness (QED) is 0.448. The van der Waals surface area contributed by atoms with Crippen LogP contribution in [0.5, 0.6) is 0 Å². The topological polar surface area (TPSA) is 67.1 Å². The van der Waals surface area contributed by atoms with Crippen molar-refractivity contribution < 1.29 is 19.7 Å². The maximum absolute atomic E-state index is 11.4. The molecule has 204 valence electrons. The number of benzene rings is 2. The van der Waals surface area contributed by atoms with Crippen LogP contribution in [-0.2, 0) is 29.5 Å². The van der Waals surface area contributed by atoms with E-state index in [2.05, 4.69) is 78.0 Å². The minimum atomic E-state index is -0.757. The molecule has 0 aliphatic carbocycles. The lowest BCUT2D eigenvalue weighted by molar-refractivity contribution is -0.176. The monoisotopic (exact) mass is 518 g/mol. The van der Waals surface area contributed by atoms with Crippen LogP contribution in [0.1, 0.15) is 56.0 Å². The van der Waals surface area contributed by atoms with Gasteiger partial charge in [-0.05, 0) is 48.3 Å². The Bertz CT molecular complexity index is 1240. The van der Waals surface area contributed by atoms with E-state index in [1.165, 1.54) is 27.7 Å². The lowest BCUT2D eigenvalue weighted by atomic mass is 9.63. The van der Waals surface area contributed by atoms with Crippen molar-refractivity contribution in [3.8, 4) is 0 Å². The van der Waals surface area contributed by atoms with Crippen LogP contribution in [0, 0.1) is 17.8 Å². The van der Waals surface area contributed by atoms with Crippen molar-refractivity contribution in [1.29, 1.82) is 0 Å². The van der Waals surface area contributed by atoms with E-state index in [4.69, 9.17) is 9.47 Å². The Morgan fingerprint density at radius 1 is 0.947 bits per heavy atom. The second-order valence-corrected chi connectivity index (χ2v) is 11.5. The summed E-state index contributed by atoms with van der Waals surface area (Å²) in [5.41, 5.74) is 5.44. The van der Waals surface area contributed by atoms with Gasteiger partial charge in [0.1, 0.15) is 0 Å². The Morgan fingerprint density at radius 3 is 2.37 bits per heavy atom. The molecule has 2 saturated heterocycles. The fraction of sp³-hybridized carbons (Fsp3) is 0.562. The van der Waals surface area contributed by atoms with Crippen LogP contribution in [0.4, 0.5) is 0 Å². The molecular weight excluding hydrogens is 476 g/mol. The van der Waals surface area contributed by atoms with Crippen molar-refractivity contribution in [3.05, 3.63) is 71.4 Å². The summed E-state index contributed by atoms with van der Waals surface area (Å²) < 4.78 is 14.9. The average Bonchev–Trinajstić information content (AvgIpc) is 3.57. The Balaban J connectivity index is 1.49. The number of aliphatic hydroxyl groups is 2. The van der Waals surface area contributed by atoms with Crippen LogP contribution in [-0.4, -0.2) is 57.4 Å². The normalized spacial score (nSPS) is 28.3. The molecule has 1 aromatic heterocycles. The zero-order valence-electron chi connectivity index (χ0n) is 22.9. The third kappa shape index (κ3) is 4.31. The summed E-state index contributed by atoms with van der Waals surface area (Å²) in [6, 6.07) is 20.0. The molecule has 7 atom stereocenters. The van der Waals surface area contributed by atoms with Crippen LogP contribution in [0.3, 0.4) is 0 Å². The zero-order valence-corrected chi connectivity index (χ0v) is 22.9. The Labute approximate surface area is 226 Å². The highest BCUT2D eigenvalue weighted by atomic mass is 16.7. The molecule has 0 amide bonds. The summed E-state index contributed by atoms with van der Waals surface area (Å²) in [7, 11) is 2.21. The maximum Gasteiger partial charge on any atom is 0.162 e. The van der Waals surface area contributed by atoms with Gasteiger partial charge >= 0.3 is 0 Å². The first kappa shape index (κ1) is 26.0. The molecule has 6 heteroatoms. The Hall–Kier alpha value is -2.22. The maximum atomic E-state index is 11.4. The van der Waals surface area contributed by atoms with Gasteiger partial charge in [-0.15, -0.1) is 0 Å². The van der Waals surface area contributed by atoms with Gasteiger partial charge in [0.15, 0.2) is 6.29 Å². The average molecular weight is 519 g/mol. The van der Waals surface area contributed by atoms with Crippen molar-refractivity contribution in [2.75, 3.05) is 13.2 Å². The van der Waals surface area contributed by atoms with E-state index < -0.39 is 12.2 Å². The molecule has 0 spiro atoms. The van der Waals surface area contributed by atoms with Crippen molar-refractivity contribution in [3.63, 3.8) is 0 Å². The number of ether oxygens (including phenoxy) is 2. The van der Waals surface area contributed by atoms with Crippen LogP contribution < -0.4 is 0 Å². The van der Waals surface area contributed by atoms with Gasteiger partial charge in [0, 0.05) is 42.1 Å².